The summed E-state index contributed by atoms with van der Waals surface area (Å²) in [5.41, 5.74) is 0. The SMILES string of the molecule is CCCCCCCCC=CCCCCCCCC(=O)NC(=O)CCCCCCCC=CCCCCCCCC.F. The van der Waals surface area contributed by atoms with E-state index in [1.165, 1.54) is 141 Å². The molecule has 0 saturated heterocycles. The molecule has 0 heterocycles. The molecule has 1 N–H and O–H groups in total. The van der Waals surface area contributed by atoms with Gasteiger partial charge >= 0.3 is 0 Å². The van der Waals surface area contributed by atoms with Crippen LogP contribution < -0.4 is 5.32 Å². The van der Waals surface area contributed by atoms with Crippen LogP contribution in [0.1, 0.15) is 194 Å². The van der Waals surface area contributed by atoms with Gasteiger partial charge in [-0.15, -0.1) is 0 Å². The van der Waals surface area contributed by atoms with Gasteiger partial charge in [-0.3, -0.25) is 19.6 Å². The summed E-state index contributed by atoms with van der Waals surface area (Å²) in [5, 5.41) is 2.58. The third kappa shape index (κ3) is 34.6. The molecule has 0 radical (unpaired) electrons. The monoisotopic (exact) mass is 566 g/mol. The van der Waals surface area contributed by atoms with Crippen molar-refractivity contribution in [3.63, 3.8) is 0 Å². The summed E-state index contributed by atoms with van der Waals surface area (Å²) >= 11 is 0. The van der Waals surface area contributed by atoms with Gasteiger partial charge in [0.05, 0.1) is 0 Å². The summed E-state index contributed by atoms with van der Waals surface area (Å²) in [6, 6.07) is 0. The first-order valence-electron chi connectivity index (χ1n) is 17.3. The maximum Gasteiger partial charge on any atom is 0.226 e. The molecule has 0 fully saturated rings. The fourth-order valence-corrected chi connectivity index (χ4v) is 4.99. The minimum absolute atomic E-state index is 0. The van der Waals surface area contributed by atoms with Crippen molar-refractivity contribution < 1.29 is 14.3 Å². The van der Waals surface area contributed by atoms with Gasteiger partial charge in [0, 0.05) is 12.8 Å². The van der Waals surface area contributed by atoms with Crippen molar-refractivity contribution in [3.8, 4) is 0 Å². The molecule has 0 aromatic carbocycles. The molecule has 0 bridgehead atoms. The van der Waals surface area contributed by atoms with Gasteiger partial charge in [-0.1, -0.05) is 141 Å². The van der Waals surface area contributed by atoms with Gasteiger partial charge < -0.3 is 0 Å². The second-order valence-corrected chi connectivity index (χ2v) is 11.6. The van der Waals surface area contributed by atoms with Crippen LogP contribution in [0.2, 0.25) is 0 Å². The van der Waals surface area contributed by atoms with Crippen LogP contribution in [0, 0.1) is 0 Å². The Morgan fingerprint density at radius 2 is 0.650 bits per heavy atom. The lowest BCUT2D eigenvalue weighted by atomic mass is 10.1. The van der Waals surface area contributed by atoms with Crippen LogP contribution >= 0.6 is 0 Å². The van der Waals surface area contributed by atoms with Gasteiger partial charge in [-0.25, -0.2) is 0 Å². The van der Waals surface area contributed by atoms with Crippen molar-refractivity contribution >= 4 is 11.8 Å². The summed E-state index contributed by atoms with van der Waals surface area (Å²) in [6.45, 7) is 4.53. The van der Waals surface area contributed by atoms with E-state index in [1.807, 2.05) is 0 Å². The molecule has 0 aliphatic heterocycles. The lowest BCUT2D eigenvalue weighted by molar-refractivity contribution is -0.130. The van der Waals surface area contributed by atoms with Gasteiger partial charge in [0.2, 0.25) is 11.8 Å². The molecule has 0 aromatic heterocycles. The average molecular weight is 566 g/mol. The number of unbranched alkanes of at least 4 members (excludes halogenated alkanes) is 22. The highest BCUT2D eigenvalue weighted by molar-refractivity contribution is 5.95. The van der Waals surface area contributed by atoms with Crippen molar-refractivity contribution in [2.24, 2.45) is 0 Å². The van der Waals surface area contributed by atoms with Gasteiger partial charge in [0.25, 0.3) is 0 Å². The molecule has 0 aromatic rings. The molecule has 0 atom stereocenters. The fourth-order valence-electron chi connectivity index (χ4n) is 4.99. The fraction of sp³-hybridized carbons (Fsp3) is 0.833. The maximum atomic E-state index is 12.0. The number of allylic oxidation sites excluding steroid dienone is 4. The number of carbonyl (C=O) groups is 2. The summed E-state index contributed by atoms with van der Waals surface area (Å²) < 4.78 is 0. The van der Waals surface area contributed by atoms with E-state index in [4.69, 9.17) is 0 Å². The van der Waals surface area contributed by atoms with E-state index in [1.54, 1.807) is 0 Å². The second-order valence-electron chi connectivity index (χ2n) is 11.6. The first-order chi connectivity index (χ1) is 19.2. The van der Waals surface area contributed by atoms with Crippen molar-refractivity contribution in [3.05, 3.63) is 24.3 Å². The lowest BCUT2D eigenvalue weighted by Crippen LogP contribution is -2.29. The Morgan fingerprint density at radius 1 is 0.400 bits per heavy atom. The zero-order chi connectivity index (χ0) is 28.5. The molecule has 2 amide bonds. The smallest absolute Gasteiger partial charge is 0.226 e. The first kappa shape index (κ1) is 40.7. The molecule has 0 aliphatic carbocycles. The quantitative estimate of drug-likeness (QED) is 0.0695. The van der Waals surface area contributed by atoms with Crippen LogP contribution in [0.25, 0.3) is 0 Å². The Morgan fingerprint density at radius 3 is 0.950 bits per heavy atom. The van der Waals surface area contributed by atoms with Crippen LogP contribution in [-0.2, 0) is 9.59 Å². The Balaban J connectivity index is 0. The van der Waals surface area contributed by atoms with E-state index in [2.05, 4.69) is 43.5 Å². The molecule has 0 aliphatic rings. The predicted molar refractivity (Wildman–Crippen MR) is 175 cm³/mol. The number of hydrogen-bond acceptors (Lipinski definition) is 2. The Labute approximate surface area is 249 Å². The van der Waals surface area contributed by atoms with E-state index < -0.39 is 0 Å². The number of halogens is 1. The molecular weight excluding hydrogens is 497 g/mol. The average Bonchev–Trinajstić information content (AvgIpc) is 2.93. The van der Waals surface area contributed by atoms with Crippen molar-refractivity contribution in [1.82, 2.24) is 5.32 Å². The van der Waals surface area contributed by atoms with E-state index >= 15 is 0 Å². The minimum Gasteiger partial charge on any atom is -0.296 e. The Bertz CT molecular complexity index is 537. The van der Waals surface area contributed by atoms with E-state index in [0.717, 1.165) is 25.7 Å². The molecule has 0 saturated carbocycles. The third-order valence-electron chi connectivity index (χ3n) is 7.61. The summed E-state index contributed by atoms with van der Waals surface area (Å²) in [5.74, 6) is -0.184. The molecule has 0 spiro atoms. The van der Waals surface area contributed by atoms with E-state index in [-0.39, 0.29) is 16.5 Å². The zero-order valence-corrected chi connectivity index (χ0v) is 26.8. The van der Waals surface area contributed by atoms with Crippen LogP contribution in [0.5, 0.6) is 0 Å². The van der Waals surface area contributed by atoms with Crippen molar-refractivity contribution in [2.75, 3.05) is 0 Å². The zero-order valence-electron chi connectivity index (χ0n) is 26.8. The molecule has 236 valence electrons. The minimum atomic E-state index is -0.0922. The Kier molecular flexibility index (Phi) is 36.2. The highest BCUT2D eigenvalue weighted by atomic mass is 19.0. The predicted octanol–water partition coefficient (Wildman–Crippen LogP) is 11.9. The highest BCUT2D eigenvalue weighted by Crippen LogP contribution is 2.12. The molecule has 4 heteroatoms. The van der Waals surface area contributed by atoms with Gasteiger partial charge in [-0.2, -0.15) is 0 Å². The number of imide groups is 1. The lowest BCUT2D eigenvalue weighted by Gasteiger charge is -2.05. The van der Waals surface area contributed by atoms with Crippen LogP contribution in [0.4, 0.5) is 4.70 Å². The number of nitrogens with one attached hydrogen (secondary N) is 1. The summed E-state index contributed by atoms with van der Waals surface area (Å²) in [4.78, 5) is 24.0. The van der Waals surface area contributed by atoms with Crippen molar-refractivity contribution in [1.29, 1.82) is 0 Å². The Hall–Kier alpha value is -1.45. The van der Waals surface area contributed by atoms with Crippen LogP contribution in [0.15, 0.2) is 24.3 Å². The number of carbonyl (C=O) groups excluding carboxylic acids is 2. The van der Waals surface area contributed by atoms with Gasteiger partial charge in [0.15, 0.2) is 0 Å². The molecule has 0 unspecified atom stereocenters. The second kappa shape index (κ2) is 35.6. The number of amides is 2. The van der Waals surface area contributed by atoms with Gasteiger partial charge in [0.1, 0.15) is 0 Å². The van der Waals surface area contributed by atoms with Crippen LogP contribution in [0.3, 0.4) is 0 Å². The van der Waals surface area contributed by atoms with Crippen molar-refractivity contribution in [2.45, 2.75) is 194 Å². The third-order valence-corrected chi connectivity index (χ3v) is 7.61. The first-order valence-corrected chi connectivity index (χ1v) is 17.3. The molecule has 0 rings (SSSR count). The summed E-state index contributed by atoms with van der Waals surface area (Å²) in [6.07, 6.45) is 42.9. The largest absolute Gasteiger partial charge is 0.296 e. The van der Waals surface area contributed by atoms with E-state index in [0.29, 0.717) is 12.8 Å². The van der Waals surface area contributed by atoms with Crippen LogP contribution in [-0.4, -0.2) is 11.8 Å². The number of hydrogen-bond donors (Lipinski definition) is 1. The number of rotatable bonds is 30. The summed E-state index contributed by atoms with van der Waals surface area (Å²) in [7, 11) is 0. The maximum absolute atomic E-state index is 12.0. The molecule has 3 nitrogen and oxygen atoms in total. The molecular formula is C36H68FNO2. The van der Waals surface area contributed by atoms with Gasteiger partial charge in [-0.05, 0) is 64.2 Å². The topological polar surface area (TPSA) is 46.2 Å². The highest BCUT2D eigenvalue weighted by Gasteiger charge is 2.07. The normalized spacial score (nSPS) is 11.3. The molecule has 40 heavy (non-hydrogen) atoms. The standard InChI is InChI=1S/C36H67NO2.FH/c1-3-5-7-9-11-13-15-17-19-21-23-25-27-29-31-33-35(38)37-36(39)34-32-30-28-26-24-22-20-18-16-14-12-10-8-6-4-2;/h17-20H,3-16,21-34H2,1-2H3,(H,37,38,39);1H. The van der Waals surface area contributed by atoms with E-state index in [9.17, 15) is 9.59 Å².